The van der Waals surface area contributed by atoms with E-state index in [2.05, 4.69) is 19.1 Å². The Morgan fingerprint density at radius 3 is 1.17 bits per heavy atom. The third-order valence-corrected chi connectivity index (χ3v) is 14.0. The Balaban J connectivity index is 0.000000239. The van der Waals surface area contributed by atoms with Gasteiger partial charge in [-0.3, -0.25) is 0 Å². The van der Waals surface area contributed by atoms with Crippen LogP contribution >= 0.6 is 0 Å². The van der Waals surface area contributed by atoms with E-state index >= 15 is 0 Å². The van der Waals surface area contributed by atoms with Crippen molar-refractivity contribution >= 4 is 0 Å². The van der Waals surface area contributed by atoms with Crippen LogP contribution in [0.4, 0.5) is 0 Å². The molecule has 8 rings (SSSR count). The lowest BCUT2D eigenvalue weighted by molar-refractivity contribution is -0.661. The van der Waals surface area contributed by atoms with Crippen LogP contribution in [0.1, 0.15) is 216 Å². The van der Waals surface area contributed by atoms with Gasteiger partial charge < -0.3 is 0 Å². The van der Waals surface area contributed by atoms with E-state index in [9.17, 15) is 0 Å². The van der Waals surface area contributed by atoms with Crippen molar-refractivity contribution in [3.8, 4) is 45.0 Å². The van der Waals surface area contributed by atoms with Crippen molar-refractivity contribution in [2.24, 2.45) is 28.2 Å². The maximum atomic E-state index is 8.66. The van der Waals surface area contributed by atoms with Gasteiger partial charge in [0.2, 0.25) is 22.8 Å². The van der Waals surface area contributed by atoms with Gasteiger partial charge in [0.1, 0.15) is 28.2 Å². The molecule has 0 aliphatic rings. The molecule has 4 aromatic heterocycles. The molecule has 4 aromatic carbocycles. The minimum Gasteiger partial charge on any atom is -0.201 e. The van der Waals surface area contributed by atoms with Crippen molar-refractivity contribution in [2.45, 2.75) is 166 Å². The molecular weight excluding hydrogens is 933 g/mol. The van der Waals surface area contributed by atoms with E-state index in [1.807, 2.05) is 161 Å². The third-order valence-electron chi connectivity index (χ3n) is 14.0. The van der Waals surface area contributed by atoms with Gasteiger partial charge in [-0.25, -0.2) is 18.3 Å². The summed E-state index contributed by atoms with van der Waals surface area (Å²) in [6, 6.07) is 38.3. The van der Waals surface area contributed by atoms with Crippen molar-refractivity contribution in [1.82, 2.24) is 0 Å². The molecule has 0 saturated heterocycles. The highest BCUT2D eigenvalue weighted by Gasteiger charge is 2.24. The number of rotatable bonds is 12. The van der Waals surface area contributed by atoms with Crippen LogP contribution in [0.5, 0.6) is 0 Å². The Bertz CT molecular complexity index is 4160. The molecule has 4 nitrogen and oxygen atoms in total. The molecule has 0 spiro atoms. The molecule has 0 aliphatic heterocycles. The molecule has 4 heterocycles. The van der Waals surface area contributed by atoms with E-state index in [4.69, 9.17) is 30.2 Å². The van der Waals surface area contributed by atoms with Crippen LogP contribution in [-0.4, -0.2) is 0 Å². The Hall–Kier alpha value is -6.52. The van der Waals surface area contributed by atoms with Crippen LogP contribution in [0.15, 0.2) is 146 Å². The summed E-state index contributed by atoms with van der Waals surface area (Å²) in [7, 11) is 7.33. The first-order valence-corrected chi connectivity index (χ1v) is 26.4. The summed E-state index contributed by atoms with van der Waals surface area (Å²) in [6.45, 7) is 7.63. The smallest absolute Gasteiger partial charge is 0.201 e. The zero-order chi connectivity index (χ0) is 75.7. The van der Waals surface area contributed by atoms with Gasteiger partial charge >= 0.3 is 0 Å². The molecule has 0 aliphatic carbocycles. The van der Waals surface area contributed by atoms with Crippen LogP contribution in [0.25, 0.3) is 45.0 Å². The Morgan fingerprint density at radius 1 is 0.390 bits per heavy atom. The maximum absolute atomic E-state index is 8.66. The monoisotopic (exact) mass is 1050 g/mol. The third kappa shape index (κ3) is 15.4. The largest absolute Gasteiger partial charge is 0.216 e. The first-order valence-electron chi connectivity index (χ1n) is 37.4. The normalized spacial score (nSPS) is 20.2. The number of nitrogens with zero attached hydrogens (tertiary/aromatic N) is 4. The van der Waals surface area contributed by atoms with E-state index in [0.29, 0.717) is 29.7 Å². The van der Waals surface area contributed by atoms with Gasteiger partial charge in [-0.05, 0) is 146 Å². The molecule has 77 heavy (non-hydrogen) atoms. The minimum atomic E-state index is -2.64. The average molecular weight is 1050 g/mol. The molecule has 0 N–H and O–H groups in total. The molecular formula is C73H98N4+4. The van der Waals surface area contributed by atoms with E-state index in [0.717, 1.165) is 67.2 Å². The molecule has 4 heteroatoms. The van der Waals surface area contributed by atoms with E-state index in [-0.39, 0.29) is 22.3 Å². The second kappa shape index (κ2) is 28.2. The molecule has 8 aromatic rings. The van der Waals surface area contributed by atoms with Crippen molar-refractivity contribution in [3.05, 3.63) is 213 Å². The lowest BCUT2D eigenvalue weighted by atomic mass is 9.91. The molecule has 0 amide bonds. The van der Waals surface area contributed by atoms with Gasteiger partial charge in [0, 0.05) is 98.4 Å². The highest BCUT2D eigenvalue weighted by Crippen LogP contribution is 2.32. The van der Waals surface area contributed by atoms with Crippen LogP contribution in [0.3, 0.4) is 0 Å². The fraction of sp³-hybridized carbons (Fsp3) is 0.397. The summed E-state index contributed by atoms with van der Waals surface area (Å²) in [5.41, 5.74) is 15.1. The Kier molecular flexibility index (Phi) is 13.4. The second-order valence-electron chi connectivity index (χ2n) is 20.0. The van der Waals surface area contributed by atoms with Gasteiger partial charge in [-0.1, -0.05) is 162 Å². The quantitative estimate of drug-likeness (QED) is 0.108. The van der Waals surface area contributed by atoms with Gasteiger partial charge in [-0.2, -0.15) is 0 Å². The molecule has 0 radical (unpaired) electrons. The number of aryl methyl sites for hydroxylation is 11. The number of hydrogen-bond donors (Lipinski definition) is 0. The summed E-state index contributed by atoms with van der Waals surface area (Å²) < 4.78 is 182. The predicted octanol–water partition coefficient (Wildman–Crippen LogP) is 17.3. The lowest BCUT2D eigenvalue weighted by Crippen LogP contribution is -2.33. The topological polar surface area (TPSA) is 15.5 Å². The van der Waals surface area contributed by atoms with Crippen molar-refractivity contribution in [2.75, 3.05) is 0 Å². The Labute approximate surface area is 499 Å². The zero-order valence-corrected chi connectivity index (χ0v) is 48.6. The molecule has 5 unspecified atom stereocenters. The highest BCUT2D eigenvalue weighted by atomic mass is 14.9. The van der Waals surface area contributed by atoms with Crippen molar-refractivity contribution in [1.29, 1.82) is 0 Å². The van der Waals surface area contributed by atoms with Crippen molar-refractivity contribution < 1.29 is 48.4 Å². The van der Waals surface area contributed by atoms with Crippen LogP contribution in [-0.2, 0) is 47.4 Å². The summed E-state index contributed by atoms with van der Waals surface area (Å²) in [5, 5.41) is 0. The van der Waals surface area contributed by atoms with E-state index < -0.39 is 70.1 Å². The number of pyridine rings is 4. The van der Waals surface area contributed by atoms with E-state index in [1.165, 1.54) is 53.2 Å². The molecule has 5 atom stereocenters. The molecule has 0 saturated carbocycles. The minimum absolute atomic E-state index is 0.144. The molecule has 0 fully saturated rings. The standard InChI is InChI=1S/C19H26N.3C18H24N/c1-13(2)16-11-18(14(3)4)19(20(6)12-16)17-10-8-7-9-15(17)5;1-6-15-12-19(5)18(11-17(15)13(2)3)16-10-8-7-9-14(16)4;2*1-6-15-11-18(16-10-8-7-9-14(16)4)19(5)12-17(15)13(2)3/h7-14H,1-6H3;3*7-13H,6H2,1-5H3/q4*+1/i1D3,3D3,13D,14D;2D3,13D;2D3,6D2,13D;2D3,13D. The maximum Gasteiger partial charge on any atom is 0.216 e. The number of aromatic nitrogens is 4. The first kappa shape index (κ1) is 36.6. The fourth-order valence-electron chi connectivity index (χ4n) is 9.58. The zero-order valence-electron chi connectivity index (χ0n) is 70.6. The number of benzene rings is 4. The van der Waals surface area contributed by atoms with Gasteiger partial charge in [0.25, 0.3) is 0 Å². The Morgan fingerprint density at radius 2 is 0.753 bits per heavy atom. The van der Waals surface area contributed by atoms with Crippen molar-refractivity contribution in [3.63, 3.8) is 0 Å². The summed E-state index contributed by atoms with van der Waals surface area (Å²) >= 11 is 0. The van der Waals surface area contributed by atoms with Crippen LogP contribution < -0.4 is 18.3 Å². The SMILES string of the molecule is [2H]C([2H])(C)c1cc(-c2ccccc2C)[n+](C)cc1C([2H])(C)C([2H])([2H])[2H].[2H]C([2H])([2H])C([2H])(C)c1c[n+](C)c(-c2ccccc2C)cc1CC.[2H]C([2H])([2H])C([2H])(C)c1cc(-c2ccccc2C)[n+](C)cc1CC.[2H]C([2H])([2H])C([2H])(C)c1cc(C([2H])(C)C([2H])([2H])[2H])c(-c2ccccc2C)[n+](C)c1. The van der Waals surface area contributed by atoms with Crippen LogP contribution in [0.2, 0.25) is 0 Å². The summed E-state index contributed by atoms with van der Waals surface area (Å²) in [6.07, 6.45) is 6.50. The molecule has 406 valence electrons. The van der Waals surface area contributed by atoms with Gasteiger partial charge in [0.15, 0.2) is 24.8 Å². The highest BCUT2D eigenvalue weighted by molar-refractivity contribution is 5.66. The summed E-state index contributed by atoms with van der Waals surface area (Å²) in [4.78, 5) is 0. The first-order chi connectivity index (χ1) is 45.0. The number of hydrogen-bond acceptors (Lipinski definition) is 0. The fourth-order valence-corrected chi connectivity index (χ4v) is 9.58. The predicted molar refractivity (Wildman–Crippen MR) is 330 cm³/mol. The molecule has 0 bridgehead atoms. The second-order valence-corrected chi connectivity index (χ2v) is 20.0. The summed E-state index contributed by atoms with van der Waals surface area (Å²) in [5.74, 6) is -9.12. The lowest BCUT2D eigenvalue weighted by Gasteiger charge is -2.15. The van der Waals surface area contributed by atoms with Gasteiger partial charge in [0.05, 0.1) is 0 Å². The average Bonchev–Trinajstić information content (AvgIpc) is 0.758. The van der Waals surface area contributed by atoms with Crippen LogP contribution in [0, 0.1) is 27.7 Å². The van der Waals surface area contributed by atoms with Gasteiger partial charge in [-0.15, -0.1) is 0 Å². The van der Waals surface area contributed by atoms with E-state index in [1.54, 1.807) is 47.9 Å².